The zero-order valence-electron chi connectivity index (χ0n) is 28.9. The Balaban J connectivity index is 1.22. The molecule has 0 saturated heterocycles. The molecule has 0 saturated carbocycles. The molecule has 0 bridgehead atoms. The highest BCUT2D eigenvalue weighted by molar-refractivity contribution is 5.94. The molecule has 5 rings (SSSR count). The van der Waals surface area contributed by atoms with Gasteiger partial charge in [-0.25, -0.2) is 0 Å². The van der Waals surface area contributed by atoms with Gasteiger partial charge in [-0.2, -0.15) is 0 Å². The van der Waals surface area contributed by atoms with Crippen molar-refractivity contribution in [2.45, 2.75) is 45.2 Å². The quantitative estimate of drug-likeness (QED) is 0.0811. The van der Waals surface area contributed by atoms with Crippen molar-refractivity contribution in [1.29, 1.82) is 0 Å². The molecule has 0 heterocycles. The van der Waals surface area contributed by atoms with Gasteiger partial charge >= 0.3 is 0 Å². The summed E-state index contributed by atoms with van der Waals surface area (Å²) in [7, 11) is 4.89. The molecule has 0 spiro atoms. The lowest BCUT2D eigenvalue weighted by Gasteiger charge is -2.18. The number of benzene rings is 5. The largest absolute Gasteiger partial charge is 0.497 e. The van der Waals surface area contributed by atoms with E-state index >= 15 is 0 Å². The van der Waals surface area contributed by atoms with Gasteiger partial charge < -0.3 is 28.4 Å². The van der Waals surface area contributed by atoms with Gasteiger partial charge in [0.25, 0.3) is 0 Å². The molecule has 0 fully saturated rings. The van der Waals surface area contributed by atoms with E-state index in [1.165, 1.54) is 0 Å². The van der Waals surface area contributed by atoms with E-state index in [0.29, 0.717) is 55.7 Å². The summed E-state index contributed by atoms with van der Waals surface area (Å²) < 4.78 is 34.9. The maximum atomic E-state index is 13.3. The molecule has 258 valence electrons. The van der Waals surface area contributed by atoms with E-state index < -0.39 is 0 Å². The van der Waals surface area contributed by atoms with E-state index in [1.54, 1.807) is 33.5 Å². The predicted octanol–water partition coefficient (Wildman–Crippen LogP) is 9.06. The number of ether oxygens (including phenoxy) is 6. The van der Waals surface area contributed by atoms with Crippen LogP contribution in [0.15, 0.2) is 127 Å². The molecular formula is C43H44O7. The highest BCUT2D eigenvalue weighted by Gasteiger charge is 2.16. The van der Waals surface area contributed by atoms with Crippen LogP contribution in [0.1, 0.15) is 40.7 Å². The minimum atomic E-state index is -0.308. The van der Waals surface area contributed by atoms with Crippen molar-refractivity contribution in [2.24, 2.45) is 0 Å². The molecule has 5 aromatic rings. The van der Waals surface area contributed by atoms with Gasteiger partial charge in [-0.3, -0.25) is 4.79 Å². The maximum absolute atomic E-state index is 13.3. The standard InChI is InChI=1S/C43H44O7/c1-45-38-21-16-36(17-22-38)29-48-39(23-15-33-19-25-41(43(27-33)47-3)50-31-35-12-8-5-9-13-35)28-37(44)20-14-32-18-24-40(42(26-32)46-2)49-30-34-10-6-4-7-11-34/h4-14,16-22,24-27,39H,15,23,28-31H2,1-3H3/b20-14+/t39-/m0/s1. The van der Waals surface area contributed by atoms with Gasteiger partial charge in [0.1, 0.15) is 19.0 Å². The molecule has 50 heavy (non-hydrogen) atoms. The molecule has 0 aliphatic carbocycles. The number of rotatable bonds is 19. The summed E-state index contributed by atoms with van der Waals surface area (Å²) in [6, 6.07) is 39.3. The number of carbonyl (C=O) groups is 1. The van der Waals surface area contributed by atoms with E-state index in [4.69, 9.17) is 28.4 Å². The molecule has 7 nitrogen and oxygen atoms in total. The molecule has 0 aliphatic heterocycles. The number of hydrogen-bond donors (Lipinski definition) is 0. The van der Waals surface area contributed by atoms with Crippen LogP contribution in [0.2, 0.25) is 0 Å². The first-order valence-electron chi connectivity index (χ1n) is 16.7. The van der Waals surface area contributed by atoms with Crippen LogP contribution in [0.3, 0.4) is 0 Å². The minimum Gasteiger partial charge on any atom is -0.497 e. The van der Waals surface area contributed by atoms with Crippen LogP contribution in [0.4, 0.5) is 0 Å². The van der Waals surface area contributed by atoms with Crippen LogP contribution in [0.5, 0.6) is 28.7 Å². The summed E-state index contributed by atoms with van der Waals surface area (Å²) in [6.45, 7) is 1.26. The summed E-state index contributed by atoms with van der Waals surface area (Å²) >= 11 is 0. The monoisotopic (exact) mass is 672 g/mol. The maximum Gasteiger partial charge on any atom is 0.161 e. The number of methoxy groups -OCH3 is 3. The molecule has 0 N–H and O–H groups in total. The van der Waals surface area contributed by atoms with Crippen LogP contribution in [-0.2, 0) is 35.8 Å². The fourth-order valence-electron chi connectivity index (χ4n) is 5.35. The smallest absolute Gasteiger partial charge is 0.161 e. The molecule has 5 aromatic carbocycles. The predicted molar refractivity (Wildman–Crippen MR) is 196 cm³/mol. The number of aryl methyl sites for hydroxylation is 1. The van der Waals surface area contributed by atoms with E-state index in [9.17, 15) is 4.79 Å². The van der Waals surface area contributed by atoms with Crippen LogP contribution in [0.25, 0.3) is 6.08 Å². The molecule has 0 aromatic heterocycles. The van der Waals surface area contributed by atoms with Crippen molar-refractivity contribution in [3.05, 3.63) is 155 Å². The van der Waals surface area contributed by atoms with Gasteiger partial charge in [0, 0.05) is 6.42 Å². The Bertz CT molecular complexity index is 1800. The van der Waals surface area contributed by atoms with Crippen molar-refractivity contribution in [3.8, 4) is 28.7 Å². The zero-order chi connectivity index (χ0) is 35.0. The second kappa shape index (κ2) is 18.9. The Morgan fingerprint density at radius 3 is 1.74 bits per heavy atom. The van der Waals surface area contributed by atoms with Gasteiger partial charge in [-0.05, 0) is 83.1 Å². The van der Waals surface area contributed by atoms with Crippen LogP contribution in [0, 0.1) is 0 Å². The Morgan fingerprint density at radius 1 is 0.580 bits per heavy atom. The Labute approximate surface area is 295 Å². The summed E-state index contributed by atoms with van der Waals surface area (Å²) in [4.78, 5) is 13.3. The lowest BCUT2D eigenvalue weighted by molar-refractivity contribution is -0.117. The van der Waals surface area contributed by atoms with E-state index in [1.807, 2.05) is 121 Å². The second-order valence-electron chi connectivity index (χ2n) is 11.8. The first-order chi connectivity index (χ1) is 24.5. The van der Waals surface area contributed by atoms with Crippen molar-refractivity contribution in [3.63, 3.8) is 0 Å². The minimum absolute atomic E-state index is 0.0321. The van der Waals surface area contributed by atoms with Crippen LogP contribution < -0.4 is 23.7 Å². The van der Waals surface area contributed by atoms with E-state index in [0.717, 1.165) is 33.6 Å². The lowest BCUT2D eigenvalue weighted by Crippen LogP contribution is -2.18. The van der Waals surface area contributed by atoms with Crippen molar-refractivity contribution in [2.75, 3.05) is 21.3 Å². The van der Waals surface area contributed by atoms with Crippen molar-refractivity contribution >= 4 is 11.9 Å². The van der Waals surface area contributed by atoms with Crippen LogP contribution >= 0.6 is 0 Å². The summed E-state index contributed by atoms with van der Waals surface area (Å²) in [5, 5.41) is 0. The topological polar surface area (TPSA) is 72.5 Å². The van der Waals surface area contributed by atoms with Gasteiger partial charge in [-0.15, -0.1) is 0 Å². The summed E-state index contributed by atoms with van der Waals surface area (Å²) in [5.74, 6) is 3.33. The highest BCUT2D eigenvalue weighted by Crippen LogP contribution is 2.31. The highest BCUT2D eigenvalue weighted by atomic mass is 16.5. The van der Waals surface area contributed by atoms with Gasteiger partial charge in [0.15, 0.2) is 28.8 Å². The molecule has 7 heteroatoms. The third-order valence-corrected chi connectivity index (χ3v) is 8.18. The lowest BCUT2D eigenvalue weighted by atomic mass is 10.0. The fraction of sp³-hybridized carbons (Fsp3) is 0.233. The normalized spacial score (nSPS) is 11.6. The average Bonchev–Trinajstić information content (AvgIpc) is 3.17. The molecule has 0 aliphatic rings. The van der Waals surface area contributed by atoms with Gasteiger partial charge in [-0.1, -0.05) is 91.0 Å². The molecule has 0 amide bonds. The Morgan fingerprint density at radius 2 is 1.14 bits per heavy atom. The first kappa shape index (κ1) is 35.8. The molecule has 0 unspecified atom stereocenters. The van der Waals surface area contributed by atoms with E-state index in [2.05, 4.69) is 0 Å². The van der Waals surface area contributed by atoms with Crippen molar-refractivity contribution in [1.82, 2.24) is 0 Å². The first-order valence-corrected chi connectivity index (χ1v) is 16.7. The SMILES string of the molecule is COc1ccc(CO[C@@H](CCc2ccc(OCc3ccccc3)c(OC)c2)CC(=O)/C=C/c2ccc(OCc3ccccc3)c(OC)c2)cc1. The molecule has 0 radical (unpaired) electrons. The Hall–Kier alpha value is -5.53. The number of hydrogen-bond acceptors (Lipinski definition) is 7. The molecule has 1 atom stereocenters. The summed E-state index contributed by atoms with van der Waals surface area (Å²) in [6.07, 6.45) is 4.66. The third kappa shape index (κ3) is 11.0. The van der Waals surface area contributed by atoms with Gasteiger partial charge in [0.2, 0.25) is 0 Å². The third-order valence-electron chi connectivity index (χ3n) is 8.18. The molecular weight excluding hydrogens is 628 g/mol. The second-order valence-corrected chi connectivity index (χ2v) is 11.8. The Kier molecular flexibility index (Phi) is 13.5. The zero-order valence-corrected chi connectivity index (χ0v) is 28.9. The summed E-state index contributed by atoms with van der Waals surface area (Å²) in [5.41, 5.74) is 5.05. The fourth-order valence-corrected chi connectivity index (χ4v) is 5.35. The number of carbonyl (C=O) groups excluding carboxylic acids is 1. The number of ketones is 1. The van der Waals surface area contributed by atoms with E-state index in [-0.39, 0.29) is 18.3 Å². The number of allylic oxidation sites excluding steroid dienone is 1. The van der Waals surface area contributed by atoms with Gasteiger partial charge in [0.05, 0.1) is 34.0 Å². The average molecular weight is 673 g/mol. The van der Waals surface area contributed by atoms with Crippen molar-refractivity contribution < 1.29 is 33.2 Å². The van der Waals surface area contributed by atoms with Crippen LogP contribution in [-0.4, -0.2) is 33.2 Å².